The summed E-state index contributed by atoms with van der Waals surface area (Å²) < 4.78 is 5.15. The monoisotopic (exact) mass is 406 g/mol. The number of phenolic OH excluding ortho intramolecular Hbond substituents is 1. The van der Waals surface area contributed by atoms with Gasteiger partial charge in [0.15, 0.2) is 0 Å². The summed E-state index contributed by atoms with van der Waals surface area (Å²) in [6.07, 6.45) is 3.31. The van der Waals surface area contributed by atoms with Gasteiger partial charge in [-0.2, -0.15) is 0 Å². The first kappa shape index (κ1) is 23.5. The normalized spacial score (nSPS) is 21.2. The first-order valence-corrected chi connectivity index (χ1v) is 10.8. The molecule has 0 aromatic heterocycles. The number of nitrogens with zero attached hydrogens (tertiary/aromatic N) is 1. The fourth-order valence-corrected chi connectivity index (χ4v) is 4.35. The fourth-order valence-electron chi connectivity index (χ4n) is 4.35. The van der Waals surface area contributed by atoms with Crippen LogP contribution in [0, 0.1) is 17.8 Å². The van der Waals surface area contributed by atoms with E-state index >= 15 is 0 Å². The Hall–Kier alpha value is -1.79. The van der Waals surface area contributed by atoms with Gasteiger partial charge in [0.05, 0.1) is 19.8 Å². The van der Waals surface area contributed by atoms with Crippen LogP contribution in [0.5, 0.6) is 11.5 Å². The molecule has 0 bridgehead atoms. The van der Waals surface area contributed by atoms with Gasteiger partial charge in [0.25, 0.3) is 0 Å². The Kier molecular flexibility index (Phi) is 9.24. The number of nitrogens with one attached hydrogen (secondary N) is 1. The first-order chi connectivity index (χ1) is 13.9. The van der Waals surface area contributed by atoms with Crippen molar-refractivity contribution in [2.45, 2.75) is 59.0 Å². The molecule has 3 N–H and O–H groups in total. The van der Waals surface area contributed by atoms with Gasteiger partial charge >= 0.3 is 0 Å². The molecule has 0 saturated carbocycles. The number of benzene rings is 1. The molecule has 1 aliphatic rings. The highest BCUT2D eigenvalue weighted by atomic mass is 16.5. The van der Waals surface area contributed by atoms with Gasteiger partial charge in [0.2, 0.25) is 5.91 Å². The van der Waals surface area contributed by atoms with Crippen LogP contribution >= 0.6 is 0 Å². The Labute approximate surface area is 175 Å². The van der Waals surface area contributed by atoms with E-state index in [1.54, 1.807) is 13.2 Å². The lowest BCUT2D eigenvalue weighted by Gasteiger charge is -2.38. The molecular weight excluding hydrogens is 368 g/mol. The molecule has 0 spiro atoms. The summed E-state index contributed by atoms with van der Waals surface area (Å²) >= 11 is 0. The van der Waals surface area contributed by atoms with Gasteiger partial charge in [-0.25, -0.2) is 0 Å². The topological polar surface area (TPSA) is 82.0 Å². The Morgan fingerprint density at radius 3 is 2.69 bits per heavy atom. The van der Waals surface area contributed by atoms with Crippen molar-refractivity contribution >= 4 is 5.91 Å². The number of carbonyl (C=O) groups is 1. The van der Waals surface area contributed by atoms with Crippen molar-refractivity contribution in [3.8, 4) is 11.5 Å². The number of piperidine rings is 1. The average molecular weight is 407 g/mol. The number of amides is 1. The van der Waals surface area contributed by atoms with E-state index in [-0.39, 0.29) is 24.3 Å². The van der Waals surface area contributed by atoms with Crippen LogP contribution in [-0.2, 0) is 11.3 Å². The molecule has 1 fully saturated rings. The molecule has 6 heteroatoms. The third-order valence-corrected chi connectivity index (χ3v) is 5.98. The van der Waals surface area contributed by atoms with Crippen molar-refractivity contribution < 1.29 is 19.7 Å². The molecule has 0 unspecified atom stereocenters. The van der Waals surface area contributed by atoms with Gasteiger partial charge in [-0.1, -0.05) is 33.3 Å². The van der Waals surface area contributed by atoms with E-state index in [1.165, 1.54) is 0 Å². The predicted molar refractivity (Wildman–Crippen MR) is 115 cm³/mol. The van der Waals surface area contributed by atoms with E-state index in [2.05, 4.69) is 31.0 Å². The van der Waals surface area contributed by atoms with Gasteiger partial charge in [-0.05, 0) is 43.2 Å². The highest BCUT2D eigenvalue weighted by Gasteiger charge is 2.30. The van der Waals surface area contributed by atoms with Gasteiger partial charge < -0.3 is 20.3 Å². The molecule has 1 saturated heterocycles. The Balaban J connectivity index is 1.89. The van der Waals surface area contributed by atoms with Crippen LogP contribution in [0.1, 0.15) is 52.0 Å². The molecule has 1 aromatic rings. The minimum Gasteiger partial charge on any atom is -0.507 e. The molecule has 0 radical (unpaired) electrons. The van der Waals surface area contributed by atoms with Crippen LogP contribution in [0.3, 0.4) is 0 Å². The quantitative estimate of drug-likeness (QED) is 0.556. The molecule has 0 aliphatic carbocycles. The predicted octanol–water partition coefficient (Wildman–Crippen LogP) is 3.16. The SMILES string of the molecule is CC[C@H]1CN(Cc2ccc(OC)cc2O)CC[C@H]1CC(=O)N[C@@H](CO)CC(C)C. The van der Waals surface area contributed by atoms with Crippen LogP contribution < -0.4 is 10.1 Å². The molecule has 6 nitrogen and oxygen atoms in total. The standard InChI is InChI=1S/C23H38N2O4/c1-5-17-13-25(14-19-6-7-21(29-4)12-22(19)27)9-8-18(17)11-23(28)24-20(15-26)10-16(2)3/h6-7,12,16-18,20,26-27H,5,8-11,13-15H2,1-4H3,(H,24,28)/t17-,18-,20+/m0/s1. The third kappa shape index (κ3) is 7.19. The lowest BCUT2D eigenvalue weighted by atomic mass is 9.81. The summed E-state index contributed by atoms with van der Waals surface area (Å²) in [6.45, 7) is 8.90. The molecule has 1 aliphatic heterocycles. The van der Waals surface area contributed by atoms with Gasteiger partial charge in [0, 0.05) is 31.1 Å². The van der Waals surface area contributed by atoms with Crippen molar-refractivity contribution in [2.24, 2.45) is 17.8 Å². The largest absolute Gasteiger partial charge is 0.507 e. The number of hydrogen-bond donors (Lipinski definition) is 3. The lowest BCUT2D eigenvalue weighted by molar-refractivity contribution is -0.124. The summed E-state index contributed by atoms with van der Waals surface area (Å²) in [6, 6.07) is 5.29. The third-order valence-electron chi connectivity index (χ3n) is 5.98. The number of aliphatic hydroxyl groups excluding tert-OH is 1. The van der Waals surface area contributed by atoms with Gasteiger partial charge in [-0.3, -0.25) is 9.69 Å². The minimum absolute atomic E-state index is 0.00900. The highest BCUT2D eigenvalue weighted by molar-refractivity contribution is 5.76. The molecule has 1 aromatic carbocycles. The number of aliphatic hydroxyl groups is 1. The maximum Gasteiger partial charge on any atom is 0.220 e. The fraction of sp³-hybridized carbons (Fsp3) is 0.696. The Morgan fingerprint density at radius 1 is 1.34 bits per heavy atom. The molecule has 164 valence electrons. The van der Waals surface area contributed by atoms with Crippen molar-refractivity contribution in [3.05, 3.63) is 23.8 Å². The van der Waals surface area contributed by atoms with Crippen LogP contribution in [0.4, 0.5) is 0 Å². The van der Waals surface area contributed by atoms with Crippen molar-refractivity contribution in [3.63, 3.8) is 0 Å². The van der Waals surface area contributed by atoms with E-state index in [0.29, 0.717) is 36.5 Å². The van der Waals surface area contributed by atoms with E-state index in [9.17, 15) is 15.0 Å². The van der Waals surface area contributed by atoms with Crippen LogP contribution in [0.2, 0.25) is 0 Å². The summed E-state index contributed by atoms with van der Waals surface area (Å²) in [5.41, 5.74) is 0.899. The molecular formula is C23H38N2O4. The van der Waals surface area contributed by atoms with Crippen LogP contribution in [0.15, 0.2) is 18.2 Å². The van der Waals surface area contributed by atoms with E-state index in [0.717, 1.165) is 37.9 Å². The number of ether oxygens (including phenoxy) is 1. The Morgan fingerprint density at radius 2 is 2.10 bits per heavy atom. The van der Waals surface area contributed by atoms with Crippen LogP contribution in [0.25, 0.3) is 0 Å². The maximum atomic E-state index is 12.5. The highest BCUT2D eigenvalue weighted by Crippen LogP contribution is 2.31. The number of methoxy groups -OCH3 is 1. The summed E-state index contributed by atoms with van der Waals surface area (Å²) in [5.74, 6) is 2.22. The van der Waals surface area contributed by atoms with Gasteiger partial charge in [0.1, 0.15) is 11.5 Å². The molecule has 2 rings (SSSR count). The second kappa shape index (κ2) is 11.4. The number of phenols is 1. The van der Waals surface area contributed by atoms with Crippen molar-refractivity contribution in [2.75, 3.05) is 26.8 Å². The second-order valence-electron chi connectivity index (χ2n) is 8.73. The number of rotatable bonds is 10. The zero-order valence-electron chi connectivity index (χ0n) is 18.4. The molecule has 29 heavy (non-hydrogen) atoms. The van der Waals surface area contributed by atoms with Crippen molar-refractivity contribution in [1.29, 1.82) is 0 Å². The smallest absolute Gasteiger partial charge is 0.220 e. The van der Waals surface area contributed by atoms with E-state index < -0.39 is 0 Å². The van der Waals surface area contributed by atoms with Crippen LogP contribution in [-0.4, -0.2) is 53.9 Å². The number of aromatic hydroxyl groups is 1. The Bertz CT molecular complexity index is 650. The molecule has 1 amide bonds. The lowest BCUT2D eigenvalue weighted by Crippen LogP contribution is -2.43. The molecule has 1 heterocycles. The number of likely N-dealkylation sites (tertiary alicyclic amines) is 1. The summed E-state index contributed by atoms with van der Waals surface area (Å²) in [7, 11) is 1.59. The zero-order chi connectivity index (χ0) is 21.4. The zero-order valence-corrected chi connectivity index (χ0v) is 18.4. The summed E-state index contributed by atoms with van der Waals surface area (Å²) in [4.78, 5) is 14.9. The first-order valence-electron chi connectivity index (χ1n) is 10.8. The van der Waals surface area contributed by atoms with E-state index in [1.807, 2.05) is 12.1 Å². The second-order valence-corrected chi connectivity index (χ2v) is 8.73. The maximum absolute atomic E-state index is 12.5. The van der Waals surface area contributed by atoms with E-state index in [4.69, 9.17) is 4.74 Å². The van der Waals surface area contributed by atoms with Crippen molar-refractivity contribution in [1.82, 2.24) is 10.2 Å². The van der Waals surface area contributed by atoms with Gasteiger partial charge in [-0.15, -0.1) is 0 Å². The number of carbonyl (C=O) groups excluding carboxylic acids is 1. The minimum atomic E-state index is -0.152. The number of hydrogen-bond acceptors (Lipinski definition) is 5. The molecule has 3 atom stereocenters. The summed E-state index contributed by atoms with van der Waals surface area (Å²) in [5, 5.41) is 22.8. The average Bonchev–Trinajstić information content (AvgIpc) is 2.69.